The summed E-state index contributed by atoms with van der Waals surface area (Å²) in [7, 11) is 0. The Morgan fingerprint density at radius 3 is 2.54 bits per heavy atom. The van der Waals surface area contributed by atoms with E-state index in [1.807, 2.05) is 50.2 Å². The maximum atomic E-state index is 12.9. The number of Topliss-reactive ketones (excluding diaryl/α,β-unsaturated/α-hetero) is 1. The molecular formula is C24H22N2OS. The van der Waals surface area contributed by atoms with Gasteiger partial charge in [0.2, 0.25) is 0 Å². The zero-order valence-electron chi connectivity index (χ0n) is 16.3. The molecule has 0 saturated carbocycles. The third-order valence-electron chi connectivity index (χ3n) is 4.82. The number of ketones is 1. The van der Waals surface area contributed by atoms with Crippen molar-refractivity contribution in [3.63, 3.8) is 0 Å². The molecule has 28 heavy (non-hydrogen) atoms. The van der Waals surface area contributed by atoms with Gasteiger partial charge in [-0.25, -0.2) is 4.98 Å². The van der Waals surface area contributed by atoms with E-state index in [4.69, 9.17) is 4.98 Å². The number of rotatable bonds is 5. The Morgan fingerprint density at radius 1 is 0.929 bits per heavy atom. The molecule has 0 N–H and O–H groups in total. The first-order chi connectivity index (χ1) is 13.5. The standard InChI is InChI=1S/C24H22N2OS/c1-16-7-6-8-19(13-16)26-22-10-5-4-9-21(22)25-24(26)28-15-23(27)20-14-17(2)11-12-18(20)3/h4-14H,15H2,1-3H3. The predicted molar refractivity (Wildman–Crippen MR) is 117 cm³/mol. The van der Waals surface area contributed by atoms with Gasteiger partial charge in [-0.3, -0.25) is 9.36 Å². The Morgan fingerprint density at radius 2 is 1.71 bits per heavy atom. The Hall–Kier alpha value is -2.85. The van der Waals surface area contributed by atoms with Crippen LogP contribution in [0.15, 0.2) is 71.9 Å². The molecule has 0 radical (unpaired) electrons. The molecule has 0 unspecified atom stereocenters. The van der Waals surface area contributed by atoms with Crippen LogP contribution in [0.5, 0.6) is 0 Å². The van der Waals surface area contributed by atoms with Crippen molar-refractivity contribution >= 4 is 28.6 Å². The van der Waals surface area contributed by atoms with E-state index in [1.54, 1.807) is 0 Å². The van der Waals surface area contributed by atoms with Gasteiger partial charge >= 0.3 is 0 Å². The van der Waals surface area contributed by atoms with Gasteiger partial charge in [-0.1, -0.05) is 53.7 Å². The van der Waals surface area contributed by atoms with Crippen LogP contribution >= 0.6 is 11.8 Å². The molecule has 3 nitrogen and oxygen atoms in total. The van der Waals surface area contributed by atoms with Crippen molar-refractivity contribution < 1.29 is 4.79 Å². The molecule has 0 atom stereocenters. The first-order valence-corrected chi connectivity index (χ1v) is 10.3. The van der Waals surface area contributed by atoms with Gasteiger partial charge < -0.3 is 0 Å². The number of hydrogen-bond acceptors (Lipinski definition) is 3. The third kappa shape index (κ3) is 3.60. The first kappa shape index (κ1) is 18.5. The summed E-state index contributed by atoms with van der Waals surface area (Å²) in [5.41, 5.74) is 7.16. The number of benzene rings is 3. The van der Waals surface area contributed by atoms with Gasteiger partial charge in [0.15, 0.2) is 10.9 Å². The summed E-state index contributed by atoms with van der Waals surface area (Å²) in [4.78, 5) is 17.6. The molecule has 0 aliphatic rings. The number of imidazole rings is 1. The highest BCUT2D eigenvalue weighted by Crippen LogP contribution is 2.29. The summed E-state index contributed by atoms with van der Waals surface area (Å²) in [5.74, 6) is 0.494. The number of aryl methyl sites for hydroxylation is 3. The van der Waals surface area contributed by atoms with Crippen LogP contribution in [-0.2, 0) is 0 Å². The molecule has 1 heterocycles. The second-order valence-electron chi connectivity index (χ2n) is 7.09. The van der Waals surface area contributed by atoms with E-state index in [9.17, 15) is 4.79 Å². The van der Waals surface area contributed by atoms with E-state index in [2.05, 4.69) is 41.8 Å². The summed E-state index contributed by atoms with van der Waals surface area (Å²) >= 11 is 1.49. The fourth-order valence-electron chi connectivity index (χ4n) is 3.36. The highest BCUT2D eigenvalue weighted by Gasteiger charge is 2.16. The smallest absolute Gasteiger partial charge is 0.174 e. The van der Waals surface area contributed by atoms with Crippen LogP contribution in [0, 0.1) is 20.8 Å². The molecular weight excluding hydrogens is 364 g/mol. The third-order valence-corrected chi connectivity index (χ3v) is 5.75. The molecule has 3 aromatic carbocycles. The van der Waals surface area contributed by atoms with Crippen LogP contribution in [0.2, 0.25) is 0 Å². The number of aromatic nitrogens is 2. The number of fused-ring (bicyclic) bond motifs is 1. The van der Waals surface area contributed by atoms with E-state index in [0.717, 1.165) is 38.6 Å². The second-order valence-corrected chi connectivity index (χ2v) is 8.03. The predicted octanol–water partition coefficient (Wildman–Crippen LogP) is 5.93. The minimum absolute atomic E-state index is 0.133. The van der Waals surface area contributed by atoms with Crippen LogP contribution in [0.25, 0.3) is 16.7 Å². The summed E-state index contributed by atoms with van der Waals surface area (Å²) in [6, 6.07) is 22.5. The molecule has 0 fully saturated rings. The topological polar surface area (TPSA) is 34.9 Å². The van der Waals surface area contributed by atoms with Crippen LogP contribution in [0.1, 0.15) is 27.0 Å². The first-order valence-electron chi connectivity index (χ1n) is 9.31. The molecule has 0 aliphatic heterocycles. The average Bonchev–Trinajstić information content (AvgIpc) is 3.06. The van der Waals surface area contributed by atoms with E-state index in [0.29, 0.717) is 5.75 Å². The summed E-state index contributed by atoms with van der Waals surface area (Å²) in [5, 5.41) is 0.838. The van der Waals surface area contributed by atoms with Gasteiger partial charge in [-0.15, -0.1) is 0 Å². The normalized spacial score (nSPS) is 11.1. The van der Waals surface area contributed by atoms with E-state index in [-0.39, 0.29) is 5.78 Å². The van der Waals surface area contributed by atoms with Crippen molar-refractivity contribution in [1.29, 1.82) is 0 Å². The molecule has 4 aromatic rings. The zero-order chi connectivity index (χ0) is 19.7. The van der Waals surface area contributed by atoms with Gasteiger partial charge in [-0.2, -0.15) is 0 Å². The van der Waals surface area contributed by atoms with Crippen molar-refractivity contribution in [2.45, 2.75) is 25.9 Å². The minimum atomic E-state index is 0.133. The molecule has 140 valence electrons. The van der Waals surface area contributed by atoms with Gasteiger partial charge in [0.1, 0.15) is 0 Å². The quantitative estimate of drug-likeness (QED) is 0.315. The highest BCUT2D eigenvalue weighted by molar-refractivity contribution is 7.99. The van der Waals surface area contributed by atoms with Crippen LogP contribution in [-0.4, -0.2) is 21.1 Å². The number of hydrogen-bond donors (Lipinski definition) is 0. The number of carbonyl (C=O) groups is 1. The van der Waals surface area contributed by atoms with Crippen LogP contribution in [0.3, 0.4) is 0 Å². The SMILES string of the molecule is Cc1cccc(-n2c(SCC(=O)c3cc(C)ccc3C)nc3ccccc32)c1. The maximum absolute atomic E-state index is 12.9. The molecule has 1 aromatic heterocycles. The Labute approximate surface area is 169 Å². The highest BCUT2D eigenvalue weighted by atomic mass is 32.2. The second kappa shape index (κ2) is 7.64. The van der Waals surface area contributed by atoms with Crippen LogP contribution in [0.4, 0.5) is 0 Å². The average molecular weight is 387 g/mol. The Balaban J connectivity index is 1.70. The van der Waals surface area contributed by atoms with Crippen LogP contribution < -0.4 is 0 Å². The summed E-state index contributed by atoms with van der Waals surface area (Å²) < 4.78 is 2.14. The fraction of sp³-hybridized carbons (Fsp3) is 0.167. The molecule has 0 amide bonds. The number of carbonyl (C=O) groups excluding carboxylic acids is 1. The molecule has 0 spiro atoms. The Kier molecular flexibility index (Phi) is 5.05. The number of thioether (sulfide) groups is 1. The molecule has 4 rings (SSSR count). The van der Waals surface area contributed by atoms with Crippen molar-refractivity contribution in [3.8, 4) is 5.69 Å². The van der Waals surface area contributed by atoms with Gasteiger partial charge in [0.25, 0.3) is 0 Å². The largest absolute Gasteiger partial charge is 0.293 e. The molecule has 0 bridgehead atoms. The van der Waals surface area contributed by atoms with Crippen molar-refractivity contribution in [3.05, 3.63) is 89.0 Å². The fourth-order valence-corrected chi connectivity index (χ4v) is 4.27. The van der Waals surface area contributed by atoms with E-state index >= 15 is 0 Å². The lowest BCUT2D eigenvalue weighted by Crippen LogP contribution is -2.06. The maximum Gasteiger partial charge on any atom is 0.174 e. The molecule has 0 aliphatic carbocycles. The number of nitrogens with zero attached hydrogens (tertiary/aromatic N) is 2. The molecule has 4 heteroatoms. The lowest BCUT2D eigenvalue weighted by atomic mass is 10.0. The van der Waals surface area contributed by atoms with E-state index < -0.39 is 0 Å². The van der Waals surface area contributed by atoms with Crippen molar-refractivity contribution in [2.75, 3.05) is 5.75 Å². The van der Waals surface area contributed by atoms with Gasteiger partial charge in [-0.05, 0) is 62.2 Å². The Bertz CT molecular complexity index is 1180. The molecule has 0 saturated heterocycles. The monoisotopic (exact) mass is 386 g/mol. The van der Waals surface area contributed by atoms with E-state index in [1.165, 1.54) is 17.3 Å². The van der Waals surface area contributed by atoms with Crippen molar-refractivity contribution in [2.24, 2.45) is 0 Å². The van der Waals surface area contributed by atoms with Crippen molar-refractivity contribution in [1.82, 2.24) is 9.55 Å². The number of para-hydroxylation sites is 2. The lowest BCUT2D eigenvalue weighted by Gasteiger charge is -2.10. The summed E-state index contributed by atoms with van der Waals surface area (Å²) in [6.45, 7) is 6.08. The van der Waals surface area contributed by atoms with Gasteiger partial charge in [0, 0.05) is 11.3 Å². The summed E-state index contributed by atoms with van der Waals surface area (Å²) in [6.07, 6.45) is 0. The zero-order valence-corrected chi connectivity index (χ0v) is 17.1. The minimum Gasteiger partial charge on any atom is -0.293 e. The van der Waals surface area contributed by atoms with Gasteiger partial charge in [0.05, 0.1) is 16.8 Å². The lowest BCUT2D eigenvalue weighted by molar-refractivity contribution is 0.102.